The molecule has 140 valence electrons. The minimum Gasteiger partial charge on any atom is -0.356 e. The van der Waals surface area contributed by atoms with Gasteiger partial charge in [0.05, 0.1) is 17.0 Å². The van der Waals surface area contributed by atoms with Crippen LogP contribution >= 0.6 is 0 Å². The summed E-state index contributed by atoms with van der Waals surface area (Å²) in [4.78, 5) is 30.9. The molecule has 2 amide bonds. The first kappa shape index (κ1) is 18.4. The molecular formula is C20H28N4O2. The third-order valence-corrected chi connectivity index (χ3v) is 5.06. The number of para-hydroxylation sites is 2. The smallest absolute Gasteiger partial charge is 0.225 e. The van der Waals surface area contributed by atoms with Crippen molar-refractivity contribution in [3.8, 4) is 0 Å². The van der Waals surface area contributed by atoms with Crippen LogP contribution in [0.2, 0.25) is 0 Å². The molecule has 1 aliphatic rings. The normalized spacial score (nSPS) is 17.9. The third kappa shape index (κ3) is 3.74. The minimum absolute atomic E-state index is 0.0184. The first-order valence-electron chi connectivity index (χ1n) is 9.26. The van der Waals surface area contributed by atoms with Gasteiger partial charge in [-0.2, -0.15) is 0 Å². The summed E-state index contributed by atoms with van der Waals surface area (Å²) in [5, 5.41) is 2.99. The molecule has 0 saturated carbocycles. The molecule has 6 heteroatoms. The fourth-order valence-electron chi connectivity index (χ4n) is 3.55. The SMILES string of the molecule is Cn1c(CCCNC(=O)C2CC(=O)N(C(C)(C)C)C2)nc2ccccc21. The fraction of sp³-hybridized carbons (Fsp3) is 0.550. The van der Waals surface area contributed by atoms with E-state index in [-0.39, 0.29) is 23.3 Å². The Hall–Kier alpha value is -2.37. The Kier molecular flexibility index (Phi) is 5.03. The third-order valence-electron chi connectivity index (χ3n) is 5.06. The van der Waals surface area contributed by atoms with Crippen LogP contribution in [0.25, 0.3) is 11.0 Å². The van der Waals surface area contributed by atoms with Gasteiger partial charge in [-0.25, -0.2) is 4.98 Å². The van der Waals surface area contributed by atoms with Crippen LogP contribution in [0, 0.1) is 5.92 Å². The summed E-state index contributed by atoms with van der Waals surface area (Å²) >= 11 is 0. The molecule has 1 N–H and O–H groups in total. The molecule has 1 aromatic heterocycles. The van der Waals surface area contributed by atoms with Crippen LogP contribution < -0.4 is 5.32 Å². The highest BCUT2D eigenvalue weighted by Gasteiger charge is 2.39. The molecule has 1 aliphatic heterocycles. The van der Waals surface area contributed by atoms with E-state index in [0.29, 0.717) is 19.5 Å². The maximum absolute atomic E-state index is 12.4. The Morgan fingerprint density at radius 1 is 1.31 bits per heavy atom. The van der Waals surface area contributed by atoms with E-state index in [1.807, 2.05) is 46.0 Å². The summed E-state index contributed by atoms with van der Waals surface area (Å²) in [6.45, 7) is 7.12. The van der Waals surface area contributed by atoms with Crippen molar-refractivity contribution in [2.75, 3.05) is 13.1 Å². The molecule has 0 bridgehead atoms. The Balaban J connectivity index is 1.48. The molecule has 0 spiro atoms. The van der Waals surface area contributed by atoms with E-state index in [4.69, 9.17) is 0 Å². The number of fused-ring (bicyclic) bond motifs is 1. The number of carbonyl (C=O) groups is 2. The summed E-state index contributed by atoms with van der Waals surface area (Å²) in [5.41, 5.74) is 1.89. The lowest BCUT2D eigenvalue weighted by atomic mass is 10.1. The van der Waals surface area contributed by atoms with Crippen LogP contribution in [0.4, 0.5) is 0 Å². The Labute approximate surface area is 154 Å². The molecule has 0 aliphatic carbocycles. The number of aryl methyl sites for hydroxylation is 2. The molecule has 1 atom stereocenters. The second-order valence-corrected chi connectivity index (χ2v) is 8.05. The van der Waals surface area contributed by atoms with E-state index in [9.17, 15) is 9.59 Å². The van der Waals surface area contributed by atoms with E-state index in [1.165, 1.54) is 0 Å². The zero-order chi connectivity index (χ0) is 18.9. The van der Waals surface area contributed by atoms with Crippen LogP contribution in [-0.2, 0) is 23.1 Å². The van der Waals surface area contributed by atoms with E-state index in [2.05, 4.69) is 20.9 Å². The number of carbonyl (C=O) groups excluding carboxylic acids is 2. The van der Waals surface area contributed by atoms with Crippen LogP contribution in [-0.4, -0.2) is 44.9 Å². The van der Waals surface area contributed by atoms with Crippen LogP contribution in [0.1, 0.15) is 39.4 Å². The van der Waals surface area contributed by atoms with Crippen molar-refractivity contribution < 1.29 is 9.59 Å². The number of nitrogens with one attached hydrogen (secondary N) is 1. The summed E-state index contributed by atoms with van der Waals surface area (Å²) in [6.07, 6.45) is 1.95. The Morgan fingerprint density at radius 3 is 2.69 bits per heavy atom. The van der Waals surface area contributed by atoms with Gasteiger partial charge in [0.2, 0.25) is 11.8 Å². The molecule has 1 fully saturated rings. The lowest BCUT2D eigenvalue weighted by Crippen LogP contribution is -2.43. The molecule has 0 radical (unpaired) electrons. The molecule has 3 rings (SSSR count). The molecule has 26 heavy (non-hydrogen) atoms. The van der Waals surface area contributed by atoms with Crippen LogP contribution in [0.5, 0.6) is 0 Å². The van der Waals surface area contributed by atoms with Crippen LogP contribution in [0.3, 0.4) is 0 Å². The van der Waals surface area contributed by atoms with Gasteiger partial charge in [0, 0.05) is 38.5 Å². The van der Waals surface area contributed by atoms with Crippen molar-refractivity contribution in [1.29, 1.82) is 0 Å². The highest BCUT2D eigenvalue weighted by molar-refractivity contribution is 5.89. The van der Waals surface area contributed by atoms with Gasteiger partial charge in [0.1, 0.15) is 5.82 Å². The number of amides is 2. The number of rotatable bonds is 5. The van der Waals surface area contributed by atoms with Crippen molar-refractivity contribution in [2.24, 2.45) is 13.0 Å². The second kappa shape index (κ2) is 7.09. The van der Waals surface area contributed by atoms with Crippen molar-refractivity contribution in [1.82, 2.24) is 19.8 Å². The van der Waals surface area contributed by atoms with E-state index < -0.39 is 0 Å². The standard InChI is InChI=1S/C20H28N4O2/c1-20(2,3)24-13-14(12-18(24)25)19(26)21-11-7-10-17-22-15-8-5-6-9-16(15)23(17)4/h5-6,8-9,14H,7,10-13H2,1-4H3,(H,21,26). The topological polar surface area (TPSA) is 67.2 Å². The summed E-state index contributed by atoms with van der Waals surface area (Å²) in [6, 6.07) is 8.07. The van der Waals surface area contributed by atoms with Crippen molar-refractivity contribution in [2.45, 2.75) is 45.6 Å². The van der Waals surface area contributed by atoms with Gasteiger partial charge in [0.25, 0.3) is 0 Å². The monoisotopic (exact) mass is 356 g/mol. The summed E-state index contributed by atoms with van der Waals surface area (Å²) in [7, 11) is 2.02. The average Bonchev–Trinajstić information content (AvgIpc) is 3.13. The van der Waals surface area contributed by atoms with Gasteiger partial charge >= 0.3 is 0 Å². The first-order valence-corrected chi connectivity index (χ1v) is 9.26. The molecule has 6 nitrogen and oxygen atoms in total. The largest absolute Gasteiger partial charge is 0.356 e. The number of likely N-dealkylation sites (tertiary alicyclic amines) is 1. The Bertz CT molecular complexity index is 819. The van der Waals surface area contributed by atoms with Crippen molar-refractivity contribution >= 4 is 22.8 Å². The van der Waals surface area contributed by atoms with Crippen LogP contribution in [0.15, 0.2) is 24.3 Å². The molecule has 2 heterocycles. The number of hydrogen-bond acceptors (Lipinski definition) is 3. The van der Waals surface area contributed by atoms with Gasteiger partial charge in [0.15, 0.2) is 0 Å². The molecule has 2 aromatic rings. The number of aromatic nitrogens is 2. The van der Waals surface area contributed by atoms with Gasteiger partial charge < -0.3 is 14.8 Å². The highest BCUT2D eigenvalue weighted by atomic mass is 16.2. The zero-order valence-corrected chi connectivity index (χ0v) is 16.1. The van der Waals surface area contributed by atoms with Gasteiger partial charge in [-0.3, -0.25) is 9.59 Å². The molecule has 1 saturated heterocycles. The summed E-state index contributed by atoms with van der Waals surface area (Å²) < 4.78 is 2.11. The lowest BCUT2D eigenvalue weighted by molar-refractivity contribution is -0.132. The number of imidazole rings is 1. The second-order valence-electron chi connectivity index (χ2n) is 8.05. The molecular weight excluding hydrogens is 328 g/mol. The van der Waals surface area contributed by atoms with E-state index >= 15 is 0 Å². The van der Waals surface area contributed by atoms with E-state index in [0.717, 1.165) is 29.7 Å². The number of hydrogen-bond donors (Lipinski definition) is 1. The van der Waals surface area contributed by atoms with Gasteiger partial charge in [-0.1, -0.05) is 12.1 Å². The lowest BCUT2D eigenvalue weighted by Gasteiger charge is -2.31. The molecule has 1 aromatic carbocycles. The van der Waals surface area contributed by atoms with Crippen molar-refractivity contribution in [3.63, 3.8) is 0 Å². The average molecular weight is 356 g/mol. The quantitative estimate of drug-likeness (QED) is 0.836. The number of benzene rings is 1. The highest BCUT2D eigenvalue weighted by Crippen LogP contribution is 2.25. The van der Waals surface area contributed by atoms with Gasteiger partial charge in [-0.15, -0.1) is 0 Å². The van der Waals surface area contributed by atoms with Gasteiger partial charge in [-0.05, 0) is 39.3 Å². The maximum Gasteiger partial charge on any atom is 0.225 e. The van der Waals surface area contributed by atoms with E-state index in [1.54, 1.807) is 4.90 Å². The predicted octanol–water partition coefficient (Wildman–Crippen LogP) is 2.27. The first-order chi connectivity index (χ1) is 12.3. The zero-order valence-electron chi connectivity index (χ0n) is 16.1. The predicted molar refractivity (Wildman–Crippen MR) is 102 cm³/mol. The minimum atomic E-state index is -0.238. The summed E-state index contributed by atoms with van der Waals surface area (Å²) in [5.74, 6) is 0.834. The van der Waals surface area contributed by atoms with Crippen molar-refractivity contribution in [3.05, 3.63) is 30.1 Å². The maximum atomic E-state index is 12.4. The number of nitrogens with zero attached hydrogens (tertiary/aromatic N) is 3. The Morgan fingerprint density at radius 2 is 2.04 bits per heavy atom. The molecule has 1 unspecified atom stereocenters. The fourth-order valence-corrected chi connectivity index (χ4v) is 3.55.